The van der Waals surface area contributed by atoms with E-state index in [1.807, 2.05) is 0 Å². The van der Waals surface area contributed by atoms with Crippen LogP contribution in [-0.4, -0.2) is 52.4 Å². The summed E-state index contributed by atoms with van der Waals surface area (Å²) in [5.74, 6) is 0.227. The second-order valence-corrected chi connectivity index (χ2v) is 5.75. The van der Waals surface area contributed by atoms with Crippen molar-refractivity contribution in [1.29, 1.82) is 0 Å². The Morgan fingerprint density at radius 1 is 1.32 bits per heavy atom. The Balaban J connectivity index is 2.39. The number of aliphatic hydroxyl groups is 1. The minimum atomic E-state index is -4.62. The molecule has 0 amide bonds. The summed E-state index contributed by atoms with van der Waals surface area (Å²) < 4.78 is 48.2. The van der Waals surface area contributed by atoms with Gasteiger partial charge in [0.25, 0.3) is 0 Å². The van der Waals surface area contributed by atoms with Gasteiger partial charge in [-0.3, -0.25) is 4.21 Å². The zero-order chi connectivity index (χ0) is 14.5. The van der Waals surface area contributed by atoms with Crippen LogP contribution in [0.1, 0.15) is 0 Å². The number of halogens is 3. The Bertz CT molecular complexity index is 411. The number of benzene rings is 1. The van der Waals surface area contributed by atoms with Gasteiger partial charge in [-0.05, 0) is 19.2 Å². The topological polar surface area (TPSA) is 40.5 Å². The summed E-state index contributed by atoms with van der Waals surface area (Å²) >= 11 is 0. The first kappa shape index (κ1) is 16.1. The molecule has 2 unspecified atom stereocenters. The lowest BCUT2D eigenvalue weighted by molar-refractivity contribution is -0.207. The van der Waals surface area contributed by atoms with Crippen LogP contribution in [0.4, 0.5) is 13.2 Å². The molecule has 2 atom stereocenters. The van der Waals surface area contributed by atoms with E-state index in [9.17, 15) is 17.4 Å². The van der Waals surface area contributed by atoms with Crippen LogP contribution in [0.3, 0.4) is 0 Å². The maximum absolute atomic E-state index is 12.1. The van der Waals surface area contributed by atoms with Gasteiger partial charge in [0, 0.05) is 23.7 Å². The fraction of sp³-hybridized carbons (Fsp3) is 0.500. The van der Waals surface area contributed by atoms with Gasteiger partial charge in [0.05, 0.1) is 10.8 Å². The van der Waals surface area contributed by atoms with E-state index in [0.717, 1.165) is 0 Å². The fourth-order valence-corrected chi connectivity index (χ4v) is 2.59. The van der Waals surface area contributed by atoms with E-state index in [0.29, 0.717) is 4.90 Å². The molecule has 0 bridgehead atoms. The highest BCUT2D eigenvalue weighted by Gasteiger charge is 2.38. The third-order valence-corrected chi connectivity index (χ3v) is 3.88. The van der Waals surface area contributed by atoms with Crippen LogP contribution in [0.15, 0.2) is 35.2 Å². The molecule has 0 aliphatic carbocycles. The van der Waals surface area contributed by atoms with Gasteiger partial charge in [-0.1, -0.05) is 18.2 Å². The first-order valence-electron chi connectivity index (χ1n) is 5.67. The molecule has 0 spiro atoms. The molecule has 108 valence electrons. The van der Waals surface area contributed by atoms with Crippen LogP contribution in [0.2, 0.25) is 0 Å². The Hall–Kier alpha value is -0.920. The highest BCUT2D eigenvalue weighted by atomic mass is 32.2. The van der Waals surface area contributed by atoms with Crippen molar-refractivity contribution in [3.8, 4) is 0 Å². The van der Waals surface area contributed by atoms with Gasteiger partial charge >= 0.3 is 6.18 Å². The number of hydrogen-bond acceptors (Lipinski definition) is 3. The first-order chi connectivity index (χ1) is 8.80. The van der Waals surface area contributed by atoms with E-state index < -0.39 is 29.6 Å². The lowest BCUT2D eigenvalue weighted by Crippen LogP contribution is -2.40. The standard InChI is InChI=1S/C12H16F3NO2S/c1-16(9-11(17)12(13,14)15)7-8-19(18)10-5-3-2-4-6-10/h2-6,11,17H,7-9H2,1H3. The SMILES string of the molecule is CN(CCS(=O)c1ccccc1)CC(O)C(F)(F)F. The largest absolute Gasteiger partial charge is 0.415 e. The van der Waals surface area contributed by atoms with Crippen molar-refractivity contribution in [3.63, 3.8) is 0 Å². The molecule has 0 aromatic heterocycles. The van der Waals surface area contributed by atoms with Gasteiger partial charge in [-0.15, -0.1) is 0 Å². The minimum absolute atomic E-state index is 0.217. The molecular formula is C12H16F3NO2S. The molecular weight excluding hydrogens is 279 g/mol. The molecule has 3 nitrogen and oxygen atoms in total. The number of hydrogen-bond donors (Lipinski definition) is 1. The van der Waals surface area contributed by atoms with Gasteiger partial charge in [0.1, 0.15) is 0 Å². The predicted molar refractivity (Wildman–Crippen MR) is 67.3 cm³/mol. The van der Waals surface area contributed by atoms with Crippen molar-refractivity contribution >= 4 is 10.8 Å². The van der Waals surface area contributed by atoms with Crippen molar-refractivity contribution in [1.82, 2.24) is 4.90 Å². The summed E-state index contributed by atoms with van der Waals surface area (Å²) in [6.07, 6.45) is -6.99. The van der Waals surface area contributed by atoms with E-state index in [1.165, 1.54) is 11.9 Å². The molecule has 0 aliphatic heterocycles. The van der Waals surface area contributed by atoms with Crippen molar-refractivity contribution < 1.29 is 22.5 Å². The van der Waals surface area contributed by atoms with Crippen molar-refractivity contribution in [2.75, 3.05) is 25.9 Å². The summed E-state index contributed by atoms with van der Waals surface area (Å²) in [5, 5.41) is 8.90. The number of likely N-dealkylation sites (N-methyl/N-ethyl adjacent to an activating group) is 1. The van der Waals surface area contributed by atoms with Gasteiger partial charge in [-0.2, -0.15) is 13.2 Å². The van der Waals surface area contributed by atoms with Crippen molar-refractivity contribution in [2.45, 2.75) is 17.2 Å². The number of alkyl halides is 3. The summed E-state index contributed by atoms with van der Waals surface area (Å²) in [6, 6.07) is 8.72. The molecule has 1 aromatic carbocycles. The highest BCUT2D eigenvalue weighted by molar-refractivity contribution is 7.85. The van der Waals surface area contributed by atoms with Gasteiger partial charge in [0.15, 0.2) is 6.10 Å². The highest BCUT2D eigenvalue weighted by Crippen LogP contribution is 2.20. The number of rotatable bonds is 6. The molecule has 1 aromatic rings. The summed E-state index contributed by atoms with van der Waals surface area (Å²) in [6.45, 7) is -0.301. The van der Waals surface area contributed by atoms with Crippen LogP contribution >= 0.6 is 0 Å². The molecule has 7 heteroatoms. The van der Waals surface area contributed by atoms with Gasteiger partial charge in [-0.25, -0.2) is 0 Å². The molecule has 1 N–H and O–H groups in total. The second kappa shape index (κ2) is 7.02. The number of aliphatic hydroxyl groups excluding tert-OH is 1. The van der Waals surface area contributed by atoms with Crippen molar-refractivity contribution in [3.05, 3.63) is 30.3 Å². The minimum Gasteiger partial charge on any atom is -0.382 e. The summed E-state index contributed by atoms with van der Waals surface area (Å²) in [4.78, 5) is 1.96. The average Bonchev–Trinajstić information content (AvgIpc) is 2.35. The molecule has 19 heavy (non-hydrogen) atoms. The summed E-state index contributed by atoms with van der Waals surface area (Å²) in [5.41, 5.74) is 0. The van der Waals surface area contributed by atoms with Crippen LogP contribution in [-0.2, 0) is 10.8 Å². The molecule has 1 rings (SSSR count). The second-order valence-electron chi connectivity index (χ2n) is 4.18. The van der Waals surface area contributed by atoms with E-state index in [2.05, 4.69) is 0 Å². The molecule has 0 heterocycles. The lowest BCUT2D eigenvalue weighted by Gasteiger charge is -2.21. The molecule has 0 radical (unpaired) electrons. The monoisotopic (exact) mass is 295 g/mol. The zero-order valence-electron chi connectivity index (χ0n) is 10.4. The summed E-state index contributed by atoms with van der Waals surface area (Å²) in [7, 11) is 0.211. The van der Waals surface area contributed by atoms with E-state index in [-0.39, 0.29) is 12.3 Å². The Labute approximate surface area is 112 Å². The zero-order valence-corrected chi connectivity index (χ0v) is 11.2. The lowest BCUT2D eigenvalue weighted by atomic mass is 10.3. The average molecular weight is 295 g/mol. The van der Waals surface area contributed by atoms with Crippen LogP contribution < -0.4 is 0 Å². The fourth-order valence-electron chi connectivity index (χ4n) is 1.42. The first-order valence-corrected chi connectivity index (χ1v) is 6.99. The van der Waals surface area contributed by atoms with Crippen LogP contribution in [0, 0.1) is 0 Å². The quantitative estimate of drug-likeness (QED) is 0.867. The van der Waals surface area contributed by atoms with Crippen LogP contribution in [0.5, 0.6) is 0 Å². The van der Waals surface area contributed by atoms with E-state index >= 15 is 0 Å². The predicted octanol–water partition coefficient (Wildman–Crippen LogP) is 1.65. The van der Waals surface area contributed by atoms with Gasteiger partial charge in [0.2, 0.25) is 0 Å². The number of nitrogens with zero attached hydrogens (tertiary/aromatic N) is 1. The molecule has 0 saturated carbocycles. The third-order valence-electron chi connectivity index (χ3n) is 2.53. The Morgan fingerprint density at radius 3 is 2.42 bits per heavy atom. The van der Waals surface area contributed by atoms with Crippen LogP contribution in [0.25, 0.3) is 0 Å². The van der Waals surface area contributed by atoms with E-state index in [4.69, 9.17) is 5.11 Å². The maximum Gasteiger partial charge on any atom is 0.415 e. The molecule has 0 fully saturated rings. The normalized spacial score (nSPS) is 15.5. The third kappa shape index (κ3) is 5.71. The van der Waals surface area contributed by atoms with Crippen molar-refractivity contribution in [2.24, 2.45) is 0 Å². The smallest absolute Gasteiger partial charge is 0.382 e. The van der Waals surface area contributed by atoms with Gasteiger partial charge < -0.3 is 10.0 Å². The molecule has 0 saturated heterocycles. The van der Waals surface area contributed by atoms with E-state index in [1.54, 1.807) is 30.3 Å². The maximum atomic E-state index is 12.1. The Morgan fingerprint density at radius 2 is 1.89 bits per heavy atom. The molecule has 0 aliphatic rings. The Kier molecular flexibility index (Phi) is 5.96.